The van der Waals surface area contributed by atoms with Crippen molar-refractivity contribution in [3.05, 3.63) is 62.0 Å². The van der Waals surface area contributed by atoms with Crippen LogP contribution in [-0.4, -0.2) is 49.7 Å². The van der Waals surface area contributed by atoms with Crippen LogP contribution in [0.5, 0.6) is 0 Å². The second-order valence-corrected chi connectivity index (χ2v) is 9.24. The Labute approximate surface area is 195 Å². The van der Waals surface area contributed by atoms with Crippen molar-refractivity contribution in [3.8, 4) is 0 Å². The lowest BCUT2D eigenvalue weighted by Crippen LogP contribution is -2.40. The minimum atomic E-state index is -1.15. The lowest BCUT2D eigenvalue weighted by atomic mass is 10.1. The Hall–Kier alpha value is -3.30. The molecule has 0 aromatic carbocycles. The van der Waals surface area contributed by atoms with Crippen molar-refractivity contribution >= 4 is 47.0 Å². The SMILES string of the molecule is CC(C)c1csc(/C=C/c2ccn3c(=O)c(/C=C/C(=O)O)c(N4CCC[C@@H](O)C4)nc3c2)n1. The van der Waals surface area contributed by atoms with Crippen molar-refractivity contribution < 1.29 is 15.0 Å². The Balaban J connectivity index is 1.75. The van der Waals surface area contributed by atoms with E-state index in [1.165, 1.54) is 10.5 Å². The van der Waals surface area contributed by atoms with Crippen LogP contribution in [0.2, 0.25) is 0 Å². The molecule has 1 aliphatic heterocycles. The molecule has 0 amide bonds. The standard InChI is InChI=1S/C24H26N4O4S/c1-15(2)19-14-33-21(25-19)7-5-16-9-11-28-20(12-16)26-23(27-10-3-4-17(29)13-27)18(24(28)32)6-8-22(30)31/h5-9,11-12,14-15,17,29H,3-4,10,13H2,1-2H3,(H,30,31)/b7-5+,8-6+/t17-/m1/s1. The molecule has 2 N–H and O–H groups in total. The number of anilines is 1. The summed E-state index contributed by atoms with van der Waals surface area (Å²) < 4.78 is 1.41. The molecule has 1 fully saturated rings. The van der Waals surface area contributed by atoms with E-state index in [4.69, 9.17) is 10.1 Å². The van der Waals surface area contributed by atoms with Gasteiger partial charge in [-0.2, -0.15) is 0 Å². The van der Waals surface area contributed by atoms with Crippen molar-refractivity contribution in [2.75, 3.05) is 18.0 Å². The average Bonchev–Trinajstić information content (AvgIpc) is 3.26. The van der Waals surface area contributed by atoms with Crippen LogP contribution in [0.3, 0.4) is 0 Å². The summed E-state index contributed by atoms with van der Waals surface area (Å²) in [6.07, 6.45) is 8.66. The fourth-order valence-corrected chi connectivity index (χ4v) is 4.63. The van der Waals surface area contributed by atoms with E-state index in [1.54, 1.807) is 23.6 Å². The highest BCUT2D eigenvalue weighted by Gasteiger charge is 2.23. The Morgan fingerprint density at radius 3 is 2.79 bits per heavy atom. The van der Waals surface area contributed by atoms with Gasteiger partial charge in [-0.3, -0.25) is 9.20 Å². The number of hydrogen-bond donors (Lipinski definition) is 2. The number of fused-ring (bicyclic) bond motifs is 1. The smallest absolute Gasteiger partial charge is 0.328 e. The maximum absolute atomic E-state index is 13.2. The monoisotopic (exact) mass is 466 g/mol. The van der Waals surface area contributed by atoms with E-state index in [9.17, 15) is 14.7 Å². The van der Waals surface area contributed by atoms with E-state index >= 15 is 0 Å². The van der Waals surface area contributed by atoms with Crippen LogP contribution in [0, 0.1) is 0 Å². The number of aliphatic hydroxyl groups is 1. The van der Waals surface area contributed by atoms with Crippen LogP contribution in [0.15, 0.2) is 34.6 Å². The Morgan fingerprint density at radius 2 is 2.09 bits per heavy atom. The second-order valence-electron chi connectivity index (χ2n) is 8.35. The number of aliphatic carboxylic acids is 1. The number of aliphatic hydroxyl groups excluding tert-OH is 1. The highest BCUT2D eigenvalue weighted by atomic mass is 32.1. The summed E-state index contributed by atoms with van der Waals surface area (Å²) in [6, 6.07) is 3.61. The van der Waals surface area contributed by atoms with Gasteiger partial charge >= 0.3 is 5.97 Å². The third-order valence-corrected chi connectivity index (χ3v) is 6.34. The van der Waals surface area contributed by atoms with Crippen LogP contribution >= 0.6 is 11.3 Å². The number of β-amino-alcohol motifs (C(OH)–C–C–N with tert-alkyl or cyclic N) is 1. The molecular weight excluding hydrogens is 440 g/mol. The number of pyridine rings is 1. The lowest BCUT2D eigenvalue weighted by molar-refractivity contribution is -0.131. The summed E-state index contributed by atoms with van der Waals surface area (Å²) in [5, 5.41) is 22.1. The first-order chi connectivity index (χ1) is 15.8. The predicted molar refractivity (Wildman–Crippen MR) is 131 cm³/mol. The first kappa shape index (κ1) is 22.9. The fraction of sp³-hybridized carbons (Fsp3) is 0.333. The lowest BCUT2D eigenvalue weighted by Gasteiger charge is -2.32. The van der Waals surface area contributed by atoms with Crippen molar-refractivity contribution in [1.82, 2.24) is 14.4 Å². The molecule has 0 spiro atoms. The number of rotatable bonds is 6. The summed E-state index contributed by atoms with van der Waals surface area (Å²) >= 11 is 1.58. The zero-order valence-corrected chi connectivity index (χ0v) is 19.3. The molecule has 3 aromatic heterocycles. The van der Waals surface area contributed by atoms with Crippen LogP contribution in [0.4, 0.5) is 5.82 Å². The number of aromatic nitrogens is 3. The topological polar surface area (TPSA) is 108 Å². The highest BCUT2D eigenvalue weighted by molar-refractivity contribution is 7.10. The number of nitrogens with zero attached hydrogens (tertiary/aromatic N) is 4. The number of piperidine rings is 1. The largest absolute Gasteiger partial charge is 0.478 e. The molecule has 33 heavy (non-hydrogen) atoms. The minimum Gasteiger partial charge on any atom is -0.478 e. The average molecular weight is 467 g/mol. The van der Waals surface area contributed by atoms with Crippen LogP contribution in [-0.2, 0) is 4.79 Å². The van der Waals surface area contributed by atoms with Gasteiger partial charge in [0.15, 0.2) is 0 Å². The van der Waals surface area contributed by atoms with E-state index in [0.717, 1.165) is 28.8 Å². The molecule has 1 aliphatic rings. The predicted octanol–water partition coefficient (Wildman–Crippen LogP) is 3.50. The van der Waals surface area contributed by atoms with E-state index in [0.29, 0.717) is 36.9 Å². The third kappa shape index (κ3) is 5.20. The van der Waals surface area contributed by atoms with Crippen LogP contribution in [0.25, 0.3) is 23.9 Å². The van der Waals surface area contributed by atoms with Gasteiger partial charge in [-0.25, -0.2) is 14.8 Å². The Morgan fingerprint density at radius 1 is 1.27 bits per heavy atom. The second kappa shape index (κ2) is 9.68. The maximum atomic E-state index is 13.2. The summed E-state index contributed by atoms with van der Waals surface area (Å²) in [7, 11) is 0. The Kier molecular flexibility index (Phi) is 6.71. The number of carbonyl (C=O) groups is 1. The maximum Gasteiger partial charge on any atom is 0.328 e. The zero-order valence-electron chi connectivity index (χ0n) is 18.5. The summed E-state index contributed by atoms with van der Waals surface area (Å²) in [4.78, 5) is 35.4. The molecule has 0 unspecified atom stereocenters. The van der Waals surface area contributed by atoms with E-state index in [2.05, 4.69) is 24.2 Å². The van der Waals surface area contributed by atoms with Gasteiger partial charge in [0.05, 0.1) is 17.4 Å². The molecule has 0 bridgehead atoms. The number of hydrogen-bond acceptors (Lipinski definition) is 7. The van der Waals surface area contributed by atoms with Gasteiger partial charge in [0.1, 0.15) is 16.5 Å². The first-order valence-electron chi connectivity index (χ1n) is 10.9. The van der Waals surface area contributed by atoms with Gasteiger partial charge in [0.25, 0.3) is 5.56 Å². The van der Waals surface area contributed by atoms with Gasteiger partial charge in [0, 0.05) is 30.7 Å². The van der Waals surface area contributed by atoms with E-state index < -0.39 is 12.1 Å². The van der Waals surface area contributed by atoms with E-state index in [1.807, 2.05) is 23.1 Å². The third-order valence-electron chi connectivity index (χ3n) is 5.51. The van der Waals surface area contributed by atoms with Crippen molar-refractivity contribution in [2.45, 2.75) is 38.7 Å². The summed E-state index contributed by atoms with van der Waals surface area (Å²) in [5.74, 6) is -0.387. The molecule has 4 heterocycles. The van der Waals surface area contributed by atoms with E-state index in [-0.39, 0.29) is 11.1 Å². The molecular formula is C24H26N4O4S. The van der Waals surface area contributed by atoms with Gasteiger partial charge in [-0.05, 0) is 48.6 Å². The molecule has 1 saturated heterocycles. The van der Waals surface area contributed by atoms with Gasteiger partial charge in [-0.1, -0.05) is 19.9 Å². The molecule has 0 radical (unpaired) electrons. The summed E-state index contributed by atoms with van der Waals surface area (Å²) in [5.41, 5.74) is 2.20. The van der Waals surface area contributed by atoms with Crippen molar-refractivity contribution in [3.63, 3.8) is 0 Å². The zero-order chi connectivity index (χ0) is 23.5. The molecule has 4 rings (SSSR count). The molecule has 3 aromatic rings. The molecule has 0 aliphatic carbocycles. The van der Waals surface area contributed by atoms with Gasteiger partial charge in [0.2, 0.25) is 0 Å². The molecule has 0 saturated carbocycles. The van der Waals surface area contributed by atoms with Crippen molar-refractivity contribution in [1.29, 1.82) is 0 Å². The molecule has 9 heteroatoms. The summed E-state index contributed by atoms with van der Waals surface area (Å²) in [6.45, 7) is 5.19. The quantitative estimate of drug-likeness (QED) is 0.535. The highest BCUT2D eigenvalue weighted by Crippen LogP contribution is 2.23. The van der Waals surface area contributed by atoms with Crippen molar-refractivity contribution in [2.24, 2.45) is 0 Å². The van der Waals surface area contributed by atoms with Gasteiger partial charge in [-0.15, -0.1) is 11.3 Å². The molecule has 8 nitrogen and oxygen atoms in total. The number of thiazole rings is 1. The number of carboxylic acid groups (broad SMARTS) is 1. The molecule has 1 atom stereocenters. The normalized spacial score (nSPS) is 17.1. The minimum absolute atomic E-state index is 0.191. The fourth-order valence-electron chi connectivity index (χ4n) is 3.76. The van der Waals surface area contributed by atoms with Crippen LogP contribution < -0.4 is 10.5 Å². The van der Waals surface area contributed by atoms with Gasteiger partial charge < -0.3 is 15.1 Å². The first-order valence-corrected chi connectivity index (χ1v) is 11.7. The molecule has 172 valence electrons. The number of carboxylic acids is 1. The Bertz CT molecular complexity index is 1290. The van der Waals surface area contributed by atoms with Crippen LogP contribution in [0.1, 0.15) is 54.4 Å².